The van der Waals surface area contributed by atoms with Crippen molar-refractivity contribution in [3.8, 4) is 0 Å². The van der Waals surface area contributed by atoms with E-state index in [4.69, 9.17) is 4.99 Å². The van der Waals surface area contributed by atoms with Crippen molar-refractivity contribution in [3.05, 3.63) is 28.6 Å². The molecule has 1 aliphatic heterocycles. The van der Waals surface area contributed by atoms with Gasteiger partial charge in [-0.25, -0.2) is 14.7 Å². The van der Waals surface area contributed by atoms with Crippen molar-refractivity contribution in [1.29, 1.82) is 0 Å². The molecule has 8 nitrogen and oxygen atoms in total. The number of hydrogen-bond acceptors (Lipinski definition) is 4. The highest BCUT2D eigenvalue weighted by atomic mass is 127. The average Bonchev–Trinajstić information content (AvgIpc) is 3.17. The number of hydrogen-bond donors (Lipinski definition) is 2. The monoisotopic (exact) mass is 500 g/mol. The van der Waals surface area contributed by atoms with Crippen molar-refractivity contribution in [2.24, 2.45) is 12.0 Å². The van der Waals surface area contributed by atoms with Gasteiger partial charge in [0.2, 0.25) is 0 Å². The second-order valence-corrected chi connectivity index (χ2v) is 7.04. The number of aromatic nitrogens is 5. The van der Waals surface area contributed by atoms with Crippen LogP contribution in [0, 0.1) is 6.92 Å². The molecule has 0 radical (unpaired) electrons. The Kier molecular flexibility index (Phi) is 8.26. The molecule has 0 fully saturated rings. The predicted molar refractivity (Wildman–Crippen MR) is 122 cm³/mol. The fourth-order valence-electron chi connectivity index (χ4n) is 3.80. The SMILES string of the molecule is CCNC(=NCc1c(CC)nn(C)c1CC)NC1CCc2nc(C)nn2C1.I. The fourth-order valence-corrected chi connectivity index (χ4v) is 3.80. The lowest BCUT2D eigenvalue weighted by Crippen LogP contribution is -2.47. The third kappa shape index (κ3) is 5.03. The molecule has 1 atom stereocenters. The molecule has 0 amide bonds. The Hall–Kier alpha value is -1.65. The molecule has 0 bridgehead atoms. The summed E-state index contributed by atoms with van der Waals surface area (Å²) in [5, 5.41) is 16.1. The number of nitrogens with zero attached hydrogens (tertiary/aromatic N) is 6. The second-order valence-electron chi connectivity index (χ2n) is 7.04. The topological polar surface area (TPSA) is 84.9 Å². The van der Waals surface area contributed by atoms with E-state index in [1.807, 2.05) is 23.3 Å². The smallest absolute Gasteiger partial charge is 0.191 e. The van der Waals surface area contributed by atoms with Crippen LogP contribution >= 0.6 is 24.0 Å². The van der Waals surface area contributed by atoms with Gasteiger partial charge in [0.1, 0.15) is 11.6 Å². The summed E-state index contributed by atoms with van der Waals surface area (Å²) in [5.41, 5.74) is 3.68. The predicted octanol–water partition coefficient (Wildman–Crippen LogP) is 2.13. The van der Waals surface area contributed by atoms with E-state index in [-0.39, 0.29) is 24.0 Å². The zero-order chi connectivity index (χ0) is 19.4. The van der Waals surface area contributed by atoms with Crippen LogP contribution in [0.15, 0.2) is 4.99 Å². The molecule has 9 heteroatoms. The van der Waals surface area contributed by atoms with E-state index in [9.17, 15) is 0 Å². The third-order valence-electron chi connectivity index (χ3n) is 5.07. The minimum absolute atomic E-state index is 0. The molecule has 0 saturated carbocycles. The summed E-state index contributed by atoms with van der Waals surface area (Å²) < 4.78 is 4.02. The summed E-state index contributed by atoms with van der Waals surface area (Å²) >= 11 is 0. The van der Waals surface area contributed by atoms with Gasteiger partial charge in [-0.2, -0.15) is 10.2 Å². The molecular formula is C19H33IN8. The van der Waals surface area contributed by atoms with E-state index in [0.29, 0.717) is 12.6 Å². The summed E-state index contributed by atoms with van der Waals surface area (Å²) in [5.74, 6) is 2.79. The van der Waals surface area contributed by atoms with E-state index < -0.39 is 0 Å². The highest BCUT2D eigenvalue weighted by Crippen LogP contribution is 2.17. The van der Waals surface area contributed by atoms with Crippen molar-refractivity contribution < 1.29 is 0 Å². The number of halogens is 1. The molecule has 0 saturated heterocycles. The Labute approximate surface area is 184 Å². The number of aliphatic imine (C=N–C) groups is 1. The highest BCUT2D eigenvalue weighted by molar-refractivity contribution is 14.0. The van der Waals surface area contributed by atoms with Gasteiger partial charge in [0.05, 0.1) is 18.8 Å². The van der Waals surface area contributed by atoms with Gasteiger partial charge in [-0.05, 0) is 33.1 Å². The lowest BCUT2D eigenvalue weighted by atomic mass is 10.1. The average molecular weight is 500 g/mol. The highest BCUT2D eigenvalue weighted by Gasteiger charge is 2.22. The molecule has 3 rings (SSSR count). The van der Waals surface area contributed by atoms with Gasteiger partial charge < -0.3 is 10.6 Å². The number of aryl methyl sites for hydroxylation is 4. The zero-order valence-corrected chi connectivity index (χ0v) is 19.9. The first-order valence-electron chi connectivity index (χ1n) is 10.0. The van der Waals surface area contributed by atoms with Crippen molar-refractivity contribution in [2.75, 3.05) is 6.54 Å². The first-order valence-corrected chi connectivity index (χ1v) is 10.0. The molecule has 0 aliphatic carbocycles. The van der Waals surface area contributed by atoms with Crippen LogP contribution in [0.3, 0.4) is 0 Å². The van der Waals surface area contributed by atoms with E-state index in [1.165, 1.54) is 11.3 Å². The Balaban J connectivity index is 0.00000280. The van der Waals surface area contributed by atoms with Gasteiger partial charge in [0.15, 0.2) is 5.96 Å². The van der Waals surface area contributed by atoms with Crippen LogP contribution in [0.1, 0.15) is 55.8 Å². The Morgan fingerprint density at radius 2 is 2.00 bits per heavy atom. The first kappa shape index (κ1) is 22.6. The van der Waals surface area contributed by atoms with Crippen molar-refractivity contribution >= 4 is 29.9 Å². The molecule has 3 heterocycles. The number of rotatable bonds is 6. The van der Waals surface area contributed by atoms with Crippen LogP contribution in [0.5, 0.6) is 0 Å². The van der Waals surface area contributed by atoms with Crippen LogP contribution in [-0.2, 0) is 39.4 Å². The van der Waals surface area contributed by atoms with Crippen LogP contribution in [0.2, 0.25) is 0 Å². The molecule has 2 aromatic heterocycles. The van der Waals surface area contributed by atoms with Gasteiger partial charge >= 0.3 is 0 Å². The maximum absolute atomic E-state index is 4.87. The molecule has 0 aromatic carbocycles. The fraction of sp³-hybridized carbons (Fsp3) is 0.684. The zero-order valence-electron chi connectivity index (χ0n) is 17.6. The molecule has 0 spiro atoms. The van der Waals surface area contributed by atoms with Crippen LogP contribution in [0.25, 0.3) is 0 Å². The molecular weight excluding hydrogens is 467 g/mol. The van der Waals surface area contributed by atoms with Crippen LogP contribution in [-0.4, -0.2) is 43.1 Å². The number of fused-ring (bicyclic) bond motifs is 1. The standard InChI is InChI=1S/C19H32N8.HI/c1-6-16-15(17(7-2)26(5)25-16)11-21-19(20-8-3)23-14-9-10-18-22-13(4)24-27(18)12-14;/h14H,6-12H2,1-5H3,(H2,20,21,23);1H. The summed E-state index contributed by atoms with van der Waals surface area (Å²) in [6, 6.07) is 0.307. The molecule has 2 aromatic rings. The molecule has 2 N–H and O–H groups in total. The summed E-state index contributed by atoms with van der Waals surface area (Å²) in [4.78, 5) is 9.35. The summed E-state index contributed by atoms with van der Waals surface area (Å²) in [7, 11) is 2.02. The van der Waals surface area contributed by atoms with Crippen LogP contribution < -0.4 is 10.6 Å². The van der Waals surface area contributed by atoms with E-state index in [0.717, 1.165) is 62.1 Å². The normalized spacial score (nSPS) is 16.5. The van der Waals surface area contributed by atoms with E-state index in [1.54, 1.807) is 0 Å². The summed E-state index contributed by atoms with van der Waals surface area (Å²) in [6.07, 6.45) is 3.88. The maximum atomic E-state index is 4.87. The Bertz CT molecular complexity index is 807. The quantitative estimate of drug-likeness (QED) is 0.361. The Morgan fingerprint density at radius 1 is 1.21 bits per heavy atom. The number of nitrogens with one attached hydrogen (secondary N) is 2. The molecule has 1 aliphatic rings. The largest absolute Gasteiger partial charge is 0.357 e. The van der Waals surface area contributed by atoms with Gasteiger partial charge in [0.25, 0.3) is 0 Å². The van der Waals surface area contributed by atoms with E-state index >= 15 is 0 Å². The third-order valence-corrected chi connectivity index (χ3v) is 5.07. The minimum Gasteiger partial charge on any atom is -0.357 e. The Morgan fingerprint density at radius 3 is 2.68 bits per heavy atom. The number of guanidine groups is 1. The van der Waals surface area contributed by atoms with Gasteiger partial charge in [-0.15, -0.1) is 24.0 Å². The van der Waals surface area contributed by atoms with Crippen molar-refractivity contribution in [1.82, 2.24) is 35.2 Å². The van der Waals surface area contributed by atoms with Gasteiger partial charge in [-0.1, -0.05) is 13.8 Å². The molecule has 156 valence electrons. The molecule has 28 heavy (non-hydrogen) atoms. The van der Waals surface area contributed by atoms with Crippen LogP contribution in [0.4, 0.5) is 0 Å². The minimum atomic E-state index is 0. The van der Waals surface area contributed by atoms with E-state index in [2.05, 4.69) is 46.6 Å². The molecule has 1 unspecified atom stereocenters. The summed E-state index contributed by atoms with van der Waals surface area (Å²) in [6.45, 7) is 10.7. The second kappa shape index (κ2) is 10.2. The van der Waals surface area contributed by atoms with Crippen molar-refractivity contribution in [2.45, 2.75) is 72.5 Å². The van der Waals surface area contributed by atoms with Gasteiger partial charge in [-0.3, -0.25) is 4.68 Å². The van der Waals surface area contributed by atoms with Gasteiger partial charge in [0, 0.05) is 37.3 Å². The maximum Gasteiger partial charge on any atom is 0.191 e. The first-order chi connectivity index (χ1) is 13.0. The lowest BCUT2D eigenvalue weighted by molar-refractivity contribution is 0.392. The lowest BCUT2D eigenvalue weighted by Gasteiger charge is -2.25. The van der Waals surface area contributed by atoms with Crippen molar-refractivity contribution in [3.63, 3.8) is 0 Å².